The second-order valence-electron chi connectivity index (χ2n) is 3.39. The molecule has 16 heavy (non-hydrogen) atoms. The number of hydrogen-bond donors (Lipinski definition) is 1. The Morgan fingerprint density at radius 1 is 1.44 bits per heavy atom. The lowest BCUT2D eigenvalue weighted by Gasteiger charge is -2.07. The fourth-order valence-electron chi connectivity index (χ4n) is 1.27. The quantitative estimate of drug-likeness (QED) is 0.592. The van der Waals surface area contributed by atoms with Crippen molar-refractivity contribution in [3.8, 4) is 5.88 Å². The second kappa shape index (κ2) is 6.82. The molecule has 1 N–H and O–H groups in total. The molecule has 0 unspecified atom stereocenters. The molecule has 4 nitrogen and oxygen atoms in total. The van der Waals surface area contributed by atoms with Crippen molar-refractivity contribution in [2.45, 2.75) is 27.2 Å². The Morgan fingerprint density at radius 3 is 2.94 bits per heavy atom. The van der Waals surface area contributed by atoms with Crippen molar-refractivity contribution >= 4 is 5.95 Å². The standard InChI is InChI=1S/C12H19N3O/c1-4-6-7-8-13-12-14-10(3)9-11(15-12)16-5-2/h4,6,9H,5,7-8H2,1-3H3,(H,13,14,15)/b6-4+. The molecule has 1 aromatic heterocycles. The number of allylic oxidation sites excluding steroid dienone is 1. The van der Waals surface area contributed by atoms with Crippen LogP contribution in [0.25, 0.3) is 0 Å². The van der Waals surface area contributed by atoms with Gasteiger partial charge in [-0.1, -0.05) is 12.2 Å². The van der Waals surface area contributed by atoms with Gasteiger partial charge in [0.05, 0.1) is 6.61 Å². The van der Waals surface area contributed by atoms with Gasteiger partial charge in [0.2, 0.25) is 11.8 Å². The summed E-state index contributed by atoms with van der Waals surface area (Å²) in [6.45, 7) is 7.34. The summed E-state index contributed by atoms with van der Waals surface area (Å²) in [5.41, 5.74) is 0.909. The fraction of sp³-hybridized carbons (Fsp3) is 0.500. The Labute approximate surface area is 96.8 Å². The van der Waals surface area contributed by atoms with E-state index in [1.54, 1.807) is 0 Å². The van der Waals surface area contributed by atoms with E-state index in [9.17, 15) is 0 Å². The fourth-order valence-corrected chi connectivity index (χ4v) is 1.27. The van der Waals surface area contributed by atoms with Crippen molar-refractivity contribution in [3.63, 3.8) is 0 Å². The number of nitrogens with zero attached hydrogens (tertiary/aromatic N) is 2. The van der Waals surface area contributed by atoms with Crippen molar-refractivity contribution in [1.82, 2.24) is 9.97 Å². The van der Waals surface area contributed by atoms with Gasteiger partial charge in [-0.25, -0.2) is 4.98 Å². The van der Waals surface area contributed by atoms with E-state index in [2.05, 4.69) is 21.4 Å². The maximum Gasteiger partial charge on any atom is 0.226 e. The van der Waals surface area contributed by atoms with E-state index in [-0.39, 0.29) is 0 Å². The predicted molar refractivity (Wildman–Crippen MR) is 65.9 cm³/mol. The molecule has 0 saturated heterocycles. The smallest absolute Gasteiger partial charge is 0.226 e. The van der Waals surface area contributed by atoms with Crippen LogP contribution in [-0.4, -0.2) is 23.1 Å². The van der Waals surface area contributed by atoms with Crippen LogP contribution in [0.1, 0.15) is 26.0 Å². The van der Waals surface area contributed by atoms with Crippen LogP contribution in [0, 0.1) is 6.92 Å². The Balaban J connectivity index is 2.57. The van der Waals surface area contributed by atoms with Gasteiger partial charge in [-0.2, -0.15) is 4.98 Å². The number of aryl methyl sites for hydroxylation is 1. The molecule has 0 radical (unpaired) electrons. The van der Waals surface area contributed by atoms with Crippen LogP contribution < -0.4 is 10.1 Å². The van der Waals surface area contributed by atoms with Gasteiger partial charge in [0, 0.05) is 18.3 Å². The maximum atomic E-state index is 5.35. The van der Waals surface area contributed by atoms with Gasteiger partial charge < -0.3 is 10.1 Å². The third-order valence-corrected chi connectivity index (χ3v) is 1.95. The van der Waals surface area contributed by atoms with Crippen molar-refractivity contribution < 1.29 is 4.74 Å². The third-order valence-electron chi connectivity index (χ3n) is 1.95. The first-order valence-corrected chi connectivity index (χ1v) is 5.59. The molecule has 0 bridgehead atoms. The second-order valence-corrected chi connectivity index (χ2v) is 3.39. The van der Waals surface area contributed by atoms with Gasteiger partial charge in [-0.15, -0.1) is 0 Å². The van der Waals surface area contributed by atoms with Gasteiger partial charge in [0.1, 0.15) is 0 Å². The average molecular weight is 221 g/mol. The predicted octanol–water partition coefficient (Wildman–Crippen LogP) is 2.56. The molecule has 0 atom stereocenters. The van der Waals surface area contributed by atoms with Crippen LogP contribution in [0.2, 0.25) is 0 Å². The molecule has 1 rings (SSSR count). The third kappa shape index (κ3) is 4.29. The lowest BCUT2D eigenvalue weighted by Crippen LogP contribution is -2.06. The Kier molecular flexibility index (Phi) is 5.32. The number of rotatable bonds is 6. The molecule has 0 saturated carbocycles. The summed E-state index contributed by atoms with van der Waals surface area (Å²) < 4.78 is 5.35. The van der Waals surface area contributed by atoms with Crippen molar-refractivity contribution in [2.75, 3.05) is 18.5 Å². The first-order chi connectivity index (χ1) is 7.76. The van der Waals surface area contributed by atoms with Crippen molar-refractivity contribution in [3.05, 3.63) is 23.9 Å². The molecule has 0 aliphatic rings. The van der Waals surface area contributed by atoms with Gasteiger partial charge >= 0.3 is 0 Å². The Bertz CT molecular complexity index is 350. The Hall–Kier alpha value is -1.58. The number of ether oxygens (including phenoxy) is 1. The van der Waals surface area contributed by atoms with Gasteiger partial charge in [-0.3, -0.25) is 0 Å². The summed E-state index contributed by atoms with van der Waals surface area (Å²) >= 11 is 0. The largest absolute Gasteiger partial charge is 0.478 e. The highest BCUT2D eigenvalue weighted by Gasteiger charge is 2.01. The molecular formula is C12H19N3O. The minimum absolute atomic E-state index is 0.620. The summed E-state index contributed by atoms with van der Waals surface area (Å²) in [6.07, 6.45) is 5.11. The van der Waals surface area contributed by atoms with Crippen LogP contribution in [-0.2, 0) is 0 Å². The van der Waals surface area contributed by atoms with E-state index in [1.807, 2.05) is 32.9 Å². The average Bonchev–Trinajstić information content (AvgIpc) is 2.24. The van der Waals surface area contributed by atoms with Gasteiger partial charge in [0.15, 0.2) is 0 Å². The minimum atomic E-state index is 0.620. The first-order valence-electron chi connectivity index (χ1n) is 5.59. The SMILES string of the molecule is C/C=C/CCNc1nc(C)cc(OCC)n1. The molecule has 0 aromatic carbocycles. The van der Waals surface area contributed by atoms with Crippen LogP contribution in [0.3, 0.4) is 0 Å². The molecule has 0 spiro atoms. The summed E-state index contributed by atoms with van der Waals surface area (Å²) in [7, 11) is 0. The zero-order valence-corrected chi connectivity index (χ0v) is 10.2. The van der Waals surface area contributed by atoms with Crippen LogP contribution >= 0.6 is 0 Å². The highest BCUT2D eigenvalue weighted by atomic mass is 16.5. The molecule has 1 aromatic rings. The van der Waals surface area contributed by atoms with Crippen molar-refractivity contribution in [1.29, 1.82) is 0 Å². The first kappa shape index (κ1) is 12.5. The molecule has 0 amide bonds. The van der Waals surface area contributed by atoms with E-state index in [0.29, 0.717) is 18.4 Å². The zero-order chi connectivity index (χ0) is 11.8. The lowest BCUT2D eigenvalue weighted by molar-refractivity contribution is 0.326. The molecule has 88 valence electrons. The van der Waals surface area contributed by atoms with Gasteiger partial charge in [0.25, 0.3) is 0 Å². The summed E-state index contributed by atoms with van der Waals surface area (Å²) in [5, 5.41) is 3.17. The van der Waals surface area contributed by atoms with Crippen molar-refractivity contribution in [2.24, 2.45) is 0 Å². The normalized spacial score (nSPS) is 10.7. The van der Waals surface area contributed by atoms with Crippen LogP contribution in [0.4, 0.5) is 5.95 Å². The number of anilines is 1. The molecule has 1 heterocycles. The zero-order valence-electron chi connectivity index (χ0n) is 10.2. The van der Waals surface area contributed by atoms with E-state index < -0.39 is 0 Å². The number of hydrogen-bond acceptors (Lipinski definition) is 4. The van der Waals surface area contributed by atoms with E-state index >= 15 is 0 Å². The van der Waals surface area contributed by atoms with E-state index in [4.69, 9.17) is 4.74 Å². The Morgan fingerprint density at radius 2 is 2.25 bits per heavy atom. The molecular weight excluding hydrogens is 202 g/mol. The summed E-state index contributed by atoms with van der Waals surface area (Å²) in [4.78, 5) is 8.54. The van der Waals surface area contributed by atoms with Crippen LogP contribution in [0.15, 0.2) is 18.2 Å². The van der Waals surface area contributed by atoms with E-state index in [0.717, 1.165) is 18.7 Å². The van der Waals surface area contributed by atoms with E-state index in [1.165, 1.54) is 0 Å². The highest BCUT2D eigenvalue weighted by molar-refractivity contribution is 5.30. The number of nitrogens with one attached hydrogen (secondary N) is 1. The molecule has 4 heteroatoms. The highest BCUT2D eigenvalue weighted by Crippen LogP contribution is 2.11. The molecule has 0 aliphatic heterocycles. The summed E-state index contributed by atoms with van der Waals surface area (Å²) in [6, 6.07) is 1.83. The topological polar surface area (TPSA) is 47.0 Å². The molecule has 0 fully saturated rings. The minimum Gasteiger partial charge on any atom is -0.478 e. The van der Waals surface area contributed by atoms with Crippen LogP contribution in [0.5, 0.6) is 5.88 Å². The summed E-state index contributed by atoms with van der Waals surface area (Å²) in [5.74, 6) is 1.26. The number of aromatic nitrogens is 2. The monoisotopic (exact) mass is 221 g/mol. The van der Waals surface area contributed by atoms with Gasteiger partial charge in [-0.05, 0) is 27.2 Å². The lowest BCUT2D eigenvalue weighted by atomic mass is 10.4. The molecule has 0 aliphatic carbocycles. The maximum absolute atomic E-state index is 5.35.